The van der Waals surface area contributed by atoms with Gasteiger partial charge in [-0.1, -0.05) is 32.0 Å². The highest BCUT2D eigenvalue weighted by Crippen LogP contribution is 2.25. The summed E-state index contributed by atoms with van der Waals surface area (Å²) in [5.41, 5.74) is 9.23. The highest BCUT2D eigenvalue weighted by molar-refractivity contribution is 6.07. The van der Waals surface area contributed by atoms with Gasteiger partial charge in [-0.2, -0.15) is 0 Å². The van der Waals surface area contributed by atoms with Gasteiger partial charge in [-0.25, -0.2) is 4.98 Å². The first-order chi connectivity index (χ1) is 13.0. The fourth-order valence-corrected chi connectivity index (χ4v) is 3.00. The number of para-hydroxylation sites is 1. The van der Waals surface area contributed by atoms with E-state index in [0.717, 1.165) is 28.6 Å². The Morgan fingerprint density at radius 3 is 2.67 bits per heavy atom. The summed E-state index contributed by atoms with van der Waals surface area (Å²) in [6.45, 7) is 4.82. The van der Waals surface area contributed by atoms with Crippen LogP contribution >= 0.6 is 0 Å². The maximum absolute atomic E-state index is 13.2. The molecule has 0 aliphatic heterocycles. The molecule has 1 unspecified atom stereocenters. The molecule has 0 saturated carbocycles. The van der Waals surface area contributed by atoms with E-state index < -0.39 is 0 Å². The average Bonchev–Trinajstić information content (AvgIpc) is 2.70. The van der Waals surface area contributed by atoms with Crippen LogP contribution < -0.4 is 5.73 Å². The van der Waals surface area contributed by atoms with Crippen molar-refractivity contribution in [2.24, 2.45) is 11.7 Å². The first-order valence-electron chi connectivity index (χ1n) is 9.28. The number of amides is 1. The number of nitrogens with two attached hydrogens (primary N) is 1. The maximum Gasteiger partial charge on any atom is 0.254 e. The molecule has 3 rings (SSSR count). The van der Waals surface area contributed by atoms with E-state index in [4.69, 9.17) is 10.7 Å². The Kier molecular flexibility index (Phi) is 5.81. The Hall–Kier alpha value is -2.79. The third-order valence-electron chi connectivity index (χ3n) is 4.90. The highest BCUT2D eigenvalue weighted by Gasteiger charge is 2.18. The van der Waals surface area contributed by atoms with Gasteiger partial charge in [-0.05, 0) is 36.6 Å². The SMILES string of the molecule is CC(C)C(N)CCN(C)C(=O)c1cc(-c2cccnc2)nc2ccccc12. The van der Waals surface area contributed by atoms with Crippen LogP contribution in [0.25, 0.3) is 22.2 Å². The van der Waals surface area contributed by atoms with E-state index in [0.29, 0.717) is 18.0 Å². The van der Waals surface area contributed by atoms with E-state index in [-0.39, 0.29) is 11.9 Å². The number of nitrogens with zero attached hydrogens (tertiary/aromatic N) is 3. The molecular formula is C22H26N4O. The fraction of sp³-hybridized carbons (Fsp3) is 0.318. The summed E-state index contributed by atoms with van der Waals surface area (Å²) >= 11 is 0. The Morgan fingerprint density at radius 2 is 1.96 bits per heavy atom. The van der Waals surface area contributed by atoms with Gasteiger partial charge >= 0.3 is 0 Å². The summed E-state index contributed by atoms with van der Waals surface area (Å²) in [6.07, 6.45) is 4.26. The quantitative estimate of drug-likeness (QED) is 0.725. The van der Waals surface area contributed by atoms with Crippen LogP contribution in [0.2, 0.25) is 0 Å². The van der Waals surface area contributed by atoms with Crippen molar-refractivity contribution in [1.82, 2.24) is 14.9 Å². The Morgan fingerprint density at radius 1 is 1.19 bits per heavy atom. The number of benzene rings is 1. The second-order valence-electron chi connectivity index (χ2n) is 7.24. The molecule has 2 N–H and O–H groups in total. The number of fused-ring (bicyclic) bond motifs is 1. The zero-order valence-corrected chi connectivity index (χ0v) is 16.1. The maximum atomic E-state index is 13.2. The van der Waals surface area contributed by atoms with Crippen LogP contribution in [0.3, 0.4) is 0 Å². The number of hydrogen-bond acceptors (Lipinski definition) is 4. The number of rotatable bonds is 6. The van der Waals surface area contributed by atoms with Crippen molar-refractivity contribution in [1.29, 1.82) is 0 Å². The molecule has 1 aromatic carbocycles. The average molecular weight is 362 g/mol. The van der Waals surface area contributed by atoms with Gasteiger partial charge in [0.1, 0.15) is 0 Å². The lowest BCUT2D eigenvalue weighted by atomic mass is 10.0. The number of carbonyl (C=O) groups is 1. The van der Waals surface area contributed by atoms with Gasteiger partial charge in [-0.15, -0.1) is 0 Å². The lowest BCUT2D eigenvalue weighted by Gasteiger charge is -2.22. The molecule has 0 aliphatic rings. The normalized spacial score (nSPS) is 12.3. The van der Waals surface area contributed by atoms with E-state index in [2.05, 4.69) is 18.8 Å². The molecule has 1 amide bonds. The zero-order valence-electron chi connectivity index (χ0n) is 16.1. The van der Waals surface area contributed by atoms with E-state index in [1.165, 1.54) is 0 Å². The summed E-state index contributed by atoms with van der Waals surface area (Å²) in [6, 6.07) is 13.5. The van der Waals surface area contributed by atoms with Crippen molar-refractivity contribution in [2.45, 2.75) is 26.3 Å². The van der Waals surface area contributed by atoms with Crippen LogP contribution in [0.5, 0.6) is 0 Å². The van der Waals surface area contributed by atoms with Gasteiger partial charge < -0.3 is 10.6 Å². The van der Waals surface area contributed by atoms with E-state index in [9.17, 15) is 4.79 Å². The topological polar surface area (TPSA) is 72.1 Å². The number of pyridine rings is 2. The Bertz CT molecular complexity index is 924. The largest absolute Gasteiger partial charge is 0.342 e. The summed E-state index contributed by atoms with van der Waals surface area (Å²) < 4.78 is 0. The molecule has 0 bridgehead atoms. The van der Waals surface area contributed by atoms with Gasteiger partial charge in [0.15, 0.2) is 0 Å². The minimum Gasteiger partial charge on any atom is -0.342 e. The fourth-order valence-electron chi connectivity index (χ4n) is 3.00. The molecule has 0 spiro atoms. The van der Waals surface area contributed by atoms with Crippen LogP contribution in [-0.2, 0) is 0 Å². The van der Waals surface area contributed by atoms with Crippen LogP contribution in [0.15, 0.2) is 54.9 Å². The van der Waals surface area contributed by atoms with E-state index >= 15 is 0 Å². The highest BCUT2D eigenvalue weighted by atomic mass is 16.2. The zero-order chi connectivity index (χ0) is 19.4. The summed E-state index contributed by atoms with van der Waals surface area (Å²) in [5.74, 6) is 0.377. The predicted octanol–water partition coefficient (Wildman–Crippen LogP) is 3.74. The summed E-state index contributed by atoms with van der Waals surface area (Å²) in [7, 11) is 1.83. The Balaban J connectivity index is 1.96. The predicted molar refractivity (Wildman–Crippen MR) is 109 cm³/mol. The molecule has 140 valence electrons. The first-order valence-corrected chi connectivity index (χ1v) is 9.28. The van der Waals surface area contributed by atoms with Crippen LogP contribution in [0.1, 0.15) is 30.6 Å². The molecule has 2 heterocycles. The van der Waals surface area contributed by atoms with Gasteiger partial charge in [-0.3, -0.25) is 9.78 Å². The molecule has 3 aromatic rings. The van der Waals surface area contributed by atoms with Crippen molar-refractivity contribution in [3.8, 4) is 11.3 Å². The monoisotopic (exact) mass is 362 g/mol. The second-order valence-corrected chi connectivity index (χ2v) is 7.24. The lowest BCUT2D eigenvalue weighted by molar-refractivity contribution is 0.0791. The number of carbonyl (C=O) groups excluding carboxylic acids is 1. The van der Waals surface area contributed by atoms with Gasteiger partial charge in [0.25, 0.3) is 5.91 Å². The lowest BCUT2D eigenvalue weighted by Crippen LogP contribution is -2.34. The third-order valence-corrected chi connectivity index (χ3v) is 4.90. The molecule has 27 heavy (non-hydrogen) atoms. The molecule has 0 radical (unpaired) electrons. The standard InChI is InChI=1S/C22H26N4O/c1-15(2)19(23)10-12-26(3)22(27)18-13-21(16-7-6-11-24-14-16)25-20-9-5-4-8-17(18)20/h4-9,11,13-15,19H,10,12,23H2,1-3H3. The minimum atomic E-state index is -0.0188. The first kappa shape index (κ1) is 19.0. The van der Waals surface area contributed by atoms with Gasteiger partial charge in [0.05, 0.1) is 16.8 Å². The van der Waals surface area contributed by atoms with E-state index in [1.807, 2.05) is 49.5 Å². The van der Waals surface area contributed by atoms with Crippen LogP contribution in [0.4, 0.5) is 0 Å². The summed E-state index contributed by atoms with van der Waals surface area (Å²) in [5, 5.41) is 0.857. The van der Waals surface area contributed by atoms with Crippen molar-refractivity contribution in [3.05, 3.63) is 60.4 Å². The second kappa shape index (κ2) is 8.27. The molecule has 1 atom stereocenters. The molecule has 0 aliphatic carbocycles. The molecule has 5 nitrogen and oxygen atoms in total. The van der Waals surface area contributed by atoms with Gasteiger partial charge in [0.2, 0.25) is 0 Å². The van der Waals surface area contributed by atoms with Crippen LogP contribution in [-0.4, -0.2) is 40.4 Å². The minimum absolute atomic E-state index is 0.0188. The van der Waals surface area contributed by atoms with Gasteiger partial charge in [0, 0.05) is 43.0 Å². The van der Waals surface area contributed by atoms with Crippen molar-refractivity contribution in [3.63, 3.8) is 0 Å². The molecule has 2 aromatic heterocycles. The summed E-state index contributed by atoms with van der Waals surface area (Å²) in [4.78, 5) is 23.8. The van der Waals surface area contributed by atoms with Crippen molar-refractivity contribution >= 4 is 16.8 Å². The molecule has 0 saturated heterocycles. The molecular weight excluding hydrogens is 336 g/mol. The van der Waals surface area contributed by atoms with Crippen LogP contribution in [0, 0.1) is 5.92 Å². The number of aromatic nitrogens is 2. The van der Waals surface area contributed by atoms with Crippen molar-refractivity contribution in [2.75, 3.05) is 13.6 Å². The third kappa shape index (κ3) is 4.31. The molecule has 0 fully saturated rings. The van der Waals surface area contributed by atoms with E-state index in [1.54, 1.807) is 17.3 Å². The number of hydrogen-bond donors (Lipinski definition) is 1. The molecule has 5 heteroatoms. The Labute approximate surface area is 160 Å². The van der Waals surface area contributed by atoms with Crippen molar-refractivity contribution < 1.29 is 4.79 Å². The smallest absolute Gasteiger partial charge is 0.254 e.